The summed E-state index contributed by atoms with van der Waals surface area (Å²) in [6.07, 6.45) is -0.330. The monoisotopic (exact) mass is 343 g/mol. The molecule has 0 spiro atoms. The molecule has 0 unspecified atom stereocenters. The summed E-state index contributed by atoms with van der Waals surface area (Å²) in [4.78, 5) is 24.1. The van der Waals surface area contributed by atoms with Crippen LogP contribution in [-0.2, 0) is 14.3 Å². The van der Waals surface area contributed by atoms with Crippen LogP contribution in [0, 0.1) is 0 Å². The van der Waals surface area contributed by atoms with E-state index >= 15 is 0 Å². The molecule has 1 N–H and O–H groups in total. The van der Waals surface area contributed by atoms with Crippen LogP contribution in [0.4, 0.5) is 5.69 Å². The molecule has 0 aliphatic heterocycles. The Balaban J connectivity index is 1.86. The Hall–Kier alpha value is -3.02. The average molecular weight is 343 g/mol. The van der Waals surface area contributed by atoms with E-state index in [2.05, 4.69) is 5.32 Å². The minimum Gasteiger partial charge on any atom is -0.495 e. The number of anilines is 1. The van der Waals surface area contributed by atoms with Crippen LogP contribution in [0.1, 0.15) is 13.3 Å². The van der Waals surface area contributed by atoms with E-state index in [0.717, 1.165) is 0 Å². The topological polar surface area (TPSA) is 73.9 Å². The number of para-hydroxylation sites is 3. The van der Waals surface area contributed by atoms with Gasteiger partial charge in [0.15, 0.2) is 12.7 Å². The molecular formula is C19H21NO5. The zero-order valence-electron chi connectivity index (χ0n) is 14.2. The summed E-state index contributed by atoms with van der Waals surface area (Å²) in [7, 11) is 1.51. The smallest absolute Gasteiger partial charge is 0.347 e. The lowest BCUT2D eigenvalue weighted by Gasteiger charge is -2.16. The molecule has 0 aromatic heterocycles. The molecule has 25 heavy (non-hydrogen) atoms. The van der Waals surface area contributed by atoms with Crippen LogP contribution in [0.3, 0.4) is 0 Å². The van der Waals surface area contributed by atoms with Gasteiger partial charge in [0.25, 0.3) is 5.91 Å². The number of nitrogens with one attached hydrogen (secondary N) is 1. The molecule has 0 radical (unpaired) electrons. The van der Waals surface area contributed by atoms with Crippen LogP contribution in [0.15, 0.2) is 54.6 Å². The normalized spacial score (nSPS) is 11.3. The first kappa shape index (κ1) is 18.3. The third kappa shape index (κ3) is 5.53. The number of methoxy groups -OCH3 is 1. The van der Waals surface area contributed by atoms with Crippen molar-refractivity contribution < 1.29 is 23.8 Å². The van der Waals surface area contributed by atoms with E-state index in [-0.39, 0.29) is 0 Å². The highest BCUT2D eigenvalue weighted by Gasteiger charge is 2.21. The molecule has 2 aromatic carbocycles. The minimum atomic E-state index is -0.763. The van der Waals surface area contributed by atoms with Crippen LogP contribution in [0.2, 0.25) is 0 Å². The average Bonchev–Trinajstić information content (AvgIpc) is 2.65. The first-order valence-electron chi connectivity index (χ1n) is 7.95. The van der Waals surface area contributed by atoms with Gasteiger partial charge >= 0.3 is 5.97 Å². The molecule has 1 amide bonds. The van der Waals surface area contributed by atoms with Crippen molar-refractivity contribution >= 4 is 17.6 Å². The van der Waals surface area contributed by atoms with E-state index < -0.39 is 24.6 Å². The third-order valence-electron chi connectivity index (χ3n) is 3.38. The molecule has 0 fully saturated rings. The van der Waals surface area contributed by atoms with Crippen molar-refractivity contribution in [2.45, 2.75) is 19.4 Å². The van der Waals surface area contributed by atoms with E-state index in [0.29, 0.717) is 23.6 Å². The molecule has 6 nitrogen and oxygen atoms in total. The Kier molecular flexibility index (Phi) is 6.83. The first-order chi connectivity index (χ1) is 12.1. The summed E-state index contributed by atoms with van der Waals surface area (Å²) in [5, 5.41) is 2.64. The number of hydrogen-bond donors (Lipinski definition) is 1. The quantitative estimate of drug-likeness (QED) is 0.746. The van der Waals surface area contributed by atoms with Gasteiger partial charge in [-0.3, -0.25) is 4.79 Å². The van der Waals surface area contributed by atoms with E-state index in [4.69, 9.17) is 14.2 Å². The summed E-state index contributed by atoms with van der Waals surface area (Å²) in [5.41, 5.74) is 0.513. The van der Waals surface area contributed by atoms with E-state index in [9.17, 15) is 9.59 Å². The van der Waals surface area contributed by atoms with Crippen LogP contribution < -0.4 is 14.8 Å². The molecule has 0 aliphatic rings. The van der Waals surface area contributed by atoms with Crippen LogP contribution >= 0.6 is 0 Å². The van der Waals surface area contributed by atoms with Gasteiger partial charge in [0.2, 0.25) is 0 Å². The maximum absolute atomic E-state index is 12.1. The zero-order valence-corrected chi connectivity index (χ0v) is 14.2. The Morgan fingerprint density at radius 2 is 1.72 bits per heavy atom. The van der Waals surface area contributed by atoms with Crippen LogP contribution in [0.5, 0.6) is 11.5 Å². The SMILES string of the molecule is CC[C@H](Oc1ccccc1)C(=O)OCC(=O)Nc1ccccc1OC. The lowest BCUT2D eigenvalue weighted by molar-refractivity contribution is -0.154. The predicted molar refractivity (Wildman–Crippen MR) is 93.7 cm³/mol. The van der Waals surface area contributed by atoms with Crippen molar-refractivity contribution in [3.05, 3.63) is 54.6 Å². The van der Waals surface area contributed by atoms with Gasteiger partial charge in [-0.05, 0) is 30.7 Å². The highest BCUT2D eigenvalue weighted by atomic mass is 16.6. The summed E-state index contributed by atoms with van der Waals surface area (Å²) in [5.74, 6) is 0.0692. The van der Waals surface area contributed by atoms with Crippen molar-refractivity contribution in [2.24, 2.45) is 0 Å². The lowest BCUT2D eigenvalue weighted by atomic mass is 10.2. The number of ether oxygens (including phenoxy) is 3. The van der Waals surface area contributed by atoms with Gasteiger partial charge in [0, 0.05) is 0 Å². The standard InChI is InChI=1S/C19H21NO5/c1-3-16(25-14-9-5-4-6-10-14)19(22)24-13-18(21)20-15-11-7-8-12-17(15)23-2/h4-12,16H,3,13H2,1-2H3,(H,20,21)/t16-/m0/s1. The number of carbonyl (C=O) groups excluding carboxylic acids is 2. The number of hydrogen-bond acceptors (Lipinski definition) is 5. The van der Waals surface area contributed by atoms with Crippen molar-refractivity contribution in [1.82, 2.24) is 0 Å². The highest BCUT2D eigenvalue weighted by molar-refractivity contribution is 5.94. The predicted octanol–water partition coefficient (Wildman–Crippen LogP) is 3.03. The molecule has 0 bridgehead atoms. The Morgan fingerprint density at radius 1 is 1.04 bits per heavy atom. The number of benzene rings is 2. The summed E-state index contributed by atoms with van der Waals surface area (Å²) >= 11 is 0. The molecular weight excluding hydrogens is 322 g/mol. The van der Waals surface area contributed by atoms with Gasteiger partial charge in [-0.1, -0.05) is 37.3 Å². The van der Waals surface area contributed by atoms with Gasteiger partial charge in [-0.2, -0.15) is 0 Å². The van der Waals surface area contributed by atoms with Gasteiger partial charge < -0.3 is 19.5 Å². The number of rotatable bonds is 8. The largest absolute Gasteiger partial charge is 0.495 e. The number of carbonyl (C=O) groups is 2. The second kappa shape index (κ2) is 9.32. The Morgan fingerprint density at radius 3 is 2.40 bits per heavy atom. The van der Waals surface area contributed by atoms with Gasteiger partial charge in [0.1, 0.15) is 11.5 Å². The first-order valence-corrected chi connectivity index (χ1v) is 7.95. The number of amides is 1. The molecule has 132 valence electrons. The van der Waals surface area contributed by atoms with E-state index in [1.165, 1.54) is 7.11 Å². The fraction of sp³-hybridized carbons (Fsp3) is 0.263. The maximum Gasteiger partial charge on any atom is 0.347 e. The molecule has 2 rings (SSSR count). The minimum absolute atomic E-state index is 0.397. The fourth-order valence-electron chi connectivity index (χ4n) is 2.13. The third-order valence-corrected chi connectivity index (χ3v) is 3.38. The summed E-state index contributed by atoms with van der Waals surface area (Å²) < 4.78 is 15.8. The van der Waals surface area contributed by atoms with Crippen molar-refractivity contribution in [1.29, 1.82) is 0 Å². The van der Waals surface area contributed by atoms with Crippen molar-refractivity contribution in [3.8, 4) is 11.5 Å². The van der Waals surface area contributed by atoms with Crippen LogP contribution in [0.25, 0.3) is 0 Å². The second-order valence-electron chi connectivity index (χ2n) is 5.18. The highest BCUT2D eigenvalue weighted by Crippen LogP contribution is 2.22. The lowest BCUT2D eigenvalue weighted by Crippen LogP contribution is -2.31. The van der Waals surface area contributed by atoms with E-state index in [1.54, 1.807) is 36.4 Å². The molecule has 1 atom stereocenters. The number of esters is 1. The van der Waals surface area contributed by atoms with Crippen LogP contribution in [-0.4, -0.2) is 31.7 Å². The van der Waals surface area contributed by atoms with Gasteiger partial charge in [-0.25, -0.2) is 4.79 Å². The molecule has 0 heterocycles. The molecule has 0 saturated carbocycles. The van der Waals surface area contributed by atoms with E-state index in [1.807, 2.05) is 25.1 Å². The Labute approximate surface area is 146 Å². The zero-order chi connectivity index (χ0) is 18.1. The summed E-state index contributed by atoms with van der Waals surface area (Å²) in [6, 6.07) is 16.0. The summed E-state index contributed by atoms with van der Waals surface area (Å²) in [6.45, 7) is 1.41. The van der Waals surface area contributed by atoms with Crippen molar-refractivity contribution in [2.75, 3.05) is 19.0 Å². The van der Waals surface area contributed by atoms with Gasteiger partial charge in [-0.15, -0.1) is 0 Å². The Bertz CT molecular complexity index is 702. The molecule has 0 aliphatic carbocycles. The maximum atomic E-state index is 12.1. The van der Waals surface area contributed by atoms with Gasteiger partial charge in [0.05, 0.1) is 12.8 Å². The molecule has 6 heteroatoms. The fourth-order valence-corrected chi connectivity index (χ4v) is 2.13. The second-order valence-corrected chi connectivity index (χ2v) is 5.18. The van der Waals surface area contributed by atoms with Crippen molar-refractivity contribution in [3.63, 3.8) is 0 Å². The molecule has 2 aromatic rings. The molecule has 0 saturated heterocycles.